The van der Waals surface area contributed by atoms with Crippen LogP contribution in [-0.2, 0) is 4.74 Å². The largest absolute Gasteiger partial charge is 0.370 e. The molecule has 1 aliphatic rings. The van der Waals surface area contributed by atoms with Crippen LogP contribution in [0.5, 0.6) is 0 Å². The van der Waals surface area contributed by atoms with Crippen LogP contribution in [0.15, 0.2) is 30.3 Å². The maximum Gasteiger partial charge on any atom is 0.186 e. The van der Waals surface area contributed by atoms with Crippen LogP contribution >= 0.6 is 22.9 Å². The number of aromatic nitrogens is 1. The van der Waals surface area contributed by atoms with Crippen molar-refractivity contribution >= 4 is 38.3 Å². The van der Waals surface area contributed by atoms with Crippen molar-refractivity contribution in [2.24, 2.45) is 0 Å². The van der Waals surface area contributed by atoms with Crippen LogP contribution < -0.4 is 4.90 Å². The van der Waals surface area contributed by atoms with Crippen LogP contribution in [0.25, 0.3) is 10.2 Å². The molecule has 4 rings (SSSR count). The Labute approximate surface area is 150 Å². The van der Waals surface area contributed by atoms with Crippen molar-refractivity contribution < 1.29 is 17.9 Å². The molecule has 0 radical (unpaired) electrons. The van der Waals surface area contributed by atoms with Crippen molar-refractivity contribution in [2.45, 2.75) is 6.10 Å². The number of fused-ring (bicyclic) bond motifs is 1. The van der Waals surface area contributed by atoms with E-state index in [-0.39, 0.29) is 6.10 Å². The van der Waals surface area contributed by atoms with E-state index in [2.05, 4.69) is 4.98 Å². The van der Waals surface area contributed by atoms with E-state index in [4.69, 9.17) is 16.3 Å². The van der Waals surface area contributed by atoms with Gasteiger partial charge in [-0.15, -0.1) is 0 Å². The van der Waals surface area contributed by atoms with E-state index in [0.717, 1.165) is 12.1 Å². The topological polar surface area (TPSA) is 25.4 Å². The Morgan fingerprint density at radius 2 is 1.96 bits per heavy atom. The number of morpholine rings is 1. The van der Waals surface area contributed by atoms with E-state index in [1.165, 1.54) is 23.5 Å². The van der Waals surface area contributed by atoms with Crippen molar-refractivity contribution in [2.75, 3.05) is 24.6 Å². The maximum absolute atomic E-state index is 13.4. The number of hydrogen-bond donors (Lipinski definition) is 0. The van der Waals surface area contributed by atoms with Gasteiger partial charge in [0.2, 0.25) is 0 Å². The van der Waals surface area contributed by atoms with Crippen LogP contribution in [0.2, 0.25) is 5.02 Å². The van der Waals surface area contributed by atoms with Crippen molar-refractivity contribution in [3.8, 4) is 0 Å². The zero-order chi connectivity index (χ0) is 17.6. The average molecular weight is 385 g/mol. The zero-order valence-electron chi connectivity index (χ0n) is 12.8. The van der Waals surface area contributed by atoms with Crippen LogP contribution in [0, 0.1) is 17.5 Å². The summed E-state index contributed by atoms with van der Waals surface area (Å²) in [6.45, 7) is 1.51. The molecule has 1 saturated heterocycles. The smallest absolute Gasteiger partial charge is 0.186 e. The number of thiazole rings is 1. The normalized spacial score (nSPS) is 18.1. The summed E-state index contributed by atoms with van der Waals surface area (Å²) >= 11 is 7.41. The van der Waals surface area contributed by atoms with Gasteiger partial charge in [-0.3, -0.25) is 0 Å². The minimum Gasteiger partial charge on any atom is -0.370 e. The summed E-state index contributed by atoms with van der Waals surface area (Å²) in [5.41, 5.74) is 1.12. The summed E-state index contributed by atoms with van der Waals surface area (Å²) in [6, 6.07) is 6.45. The van der Waals surface area contributed by atoms with Crippen LogP contribution in [0.1, 0.15) is 11.7 Å². The molecule has 0 spiro atoms. The minimum atomic E-state index is -0.915. The summed E-state index contributed by atoms with van der Waals surface area (Å²) < 4.78 is 46.3. The molecular weight excluding hydrogens is 373 g/mol. The highest BCUT2D eigenvalue weighted by Crippen LogP contribution is 2.35. The van der Waals surface area contributed by atoms with Crippen molar-refractivity contribution in [1.29, 1.82) is 0 Å². The van der Waals surface area contributed by atoms with E-state index in [1.807, 2.05) is 4.90 Å². The van der Waals surface area contributed by atoms with E-state index < -0.39 is 17.5 Å². The van der Waals surface area contributed by atoms with Gasteiger partial charge >= 0.3 is 0 Å². The van der Waals surface area contributed by atoms with Gasteiger partial charge in [0, 0.05) is 23.2 Å². The Kier molecular flexibility index (Phi) is 4.31. The molecule has 130 valence electrons. The van der Waals surface area contributed by atoms with Gasteiger partial charge in [0.05, 0.1) is 23.4 Å². The number of halogens is 4. The molecule has 1 fully saturated rings. The van der Waals surface area contributed by atoms with Gasteiger partial charge < -0.3 is 9.64 Å². The first kappa shape index (κ1) is 16.6. The van der Waals surface area contributed by atoms with E-state index in [0.29, 0.717) is 45.6 Å². The maximum atomic E-state index is 13.4. The second-order valence-electron chi connectivity index (χ2n) is 5.70. The van der Waals surface area contributed by atoms with Crippen LogP contribution in [0.3, 0.4) is 0 Å². The third-order valence-corrected chi connectivity index (χ3v) is 5.47. The molecule has 8 heteroatoms. The molecule has 0 bridgehead atoms. The molecule has 1 atom stereocenters. The third-order valence-electron chi connectivity index (χ3n) is 4.07. The van der Waals surface area contributed by atoms with Gasteiger partial charge in [-0.1, -0.05) is 29.0 Å². The van der Waals surface area contributed by atoms with Gasteiger partial charge in [-0.2, -0.15) is 0 Å². The number of hydrogen-bond acceptors (Lipinski definition) is 4. The van der Waals surface area contributed by atoms with Gasteiger partial charge in [-0.25, -0.2) is 18.2 Å². The highest BCUT2D eigenvalue weighted by atomic mass is 35.5. The fourth-order valence-electron chi connectivity index (χ4n) is 2.82. The molecule has 0 aliphatic carbocycles. The quantitative estimate of drug-likeness (QED) is 0.625. The summed E-state index contributed by atoms with van der Waals surface area (Å²) in [5.74, 6) is -2.21. The van der Waals surface area contributed by atoms with Gasteiger partial charge in [0.1, 0.15) is 11.9 Å². The lowest BCUT2D eigenvalue weighted by atomic mass is 10.1. The van der Waals surface area contributed by atoms with Crippen molar-refractivity contribution in [3.05, 3.63) is 58.4 Å². The number of benzene rings is 2. The van der Waals surface area contributed by atoms with Crippen molar-refractivity contribution in [1.82, 2.24) is 4.98 Å². The molecule has 2 aromatic carbocycles. The molecule has 1 aromatic heterocycles. The molecule has 0 N–H and O–H groups in total. The van der Waals surface area contributed by atoms with Gasteiger partial charge in [-0.05, 0) is 18.2 Å². The SMILES string of the molecule is Fc1ccc(C2CN(c3nc4cc(F)c(F)cc4s3)CCO2)c(Cl)c1. The summed E-state index contributed by atoms with van der Waals surface area (Å²) in [6.07, 6.45) is -0.331. The molecule has 25 heavy (non-hydrogen) atoms. The first-order valence-corrected chi connectivity index (χ1v) is 8.78. The number of anilines is 1. The molecule has 3 nitrogen and oxygen atoms in total. The van der Waals surface area contributed by atoms with E-state index in [1.54, 1.807) is 6.07 Å². The monoisotopic (exact) mass is 384 g/mol. The standard InChI is InChI=1S/C17H12ClF3N2OS/c18-11-5-9(19)1-2-10(11)15-8-23(3-4-24-15)17-22-14-6-12(20)13(21)7-16(14)25-17/h1-2,5-7,15H,3-4,8H2. The number of rotatable bonds is 2. The van der Waals surface area contributed by atoms with Crippen LogP contribution in [0.4, 0.5) is 18.3 Å². The van der Waals surface area contributed by atoms with E-state index in [9.17, 15) is 13.2 Å². The Balaban J connectivity index is 1.62. The molecule has 0 saturated carbocycles. The molecule has 2 heterocycles. The zero-order valence-corrected chi connectivity index (χ0v) is 14.4. The fourth-order valence-corrected chi connectivity index (χ4v) is 4.12. The predicted molar refractivity (Wildman–Crippen MR) is 91.9 cm³/mol. The van der Waals surface area contributed by atoms with Crippen molar-refractivity contribution in [3.63, 3.8) is 0 Å². The summed E-state index contributed by atoms with van der Waals surface area (Å²) in [7, 11) is 0. The van der Waals surface area contributed by atoms with Gasteiger partial charge in [0.25, 0.3) is 0 Å². The Bertz CT molecular complexity index is 910. The second-order valence-corrected chi connectivity index (χ2v) is 7.12. The highest BCUT2D eigenvalue weighted by Gasteiger charge is 2.26. The fraction of sp³-hybridized carbons (Fsp3) is 0.235. The Morgan fingerprint density at radius 1 is 1.16 bits per heavy atom. The highest BCUT2D eigenvalue weighted by molar-refractivity contribution is 7.22. The molecule has 1 unspecified atom stereocenters. The Morgan fingerprint density at radius 3 is 2.76 bits per heavy atom. The Hall–Kier alpha value is -1.83. The lowest BCUT2D eigenvalue weighted by Gasteiger charge is -2.33. The lowest BCUT2D eigenvalue weighted by Crippen LogP contribution is -2.38. The predicted octanol–water partition coefficient (Wildman–Crippen LogP) is 4.94. The lowest BCUT2D eigenvalue weighted by molar-refractivity contribution is 0.0398. The molecular formula is C17H12ClF3N2OS. The van der Waals surface area contributed by atoms with E-state index >= 15 is 0 Å². The first-order valence-electron chi connectivity index (χ1n) is 7.58. The number of nitrogens with zero attached hydrogens (tertiary/aromatic N) is 2. The summed E-state index contributed by atoms with van der Waals surface area (Å²) in [5, 5.41) is 0.965. The first-order chi connectivity index (χ1) is 12.0. The van der Waals surface area contributed by atoms with Gasteiger partial charge in [0.15, 0.2) is 16.8 Å². The molecule has 1 aliphatic heterocycles. The molecule has 0 amide bonds. The minimum absolute atomic E-state index is 0.306. The molecule has 3 aromatic rings. The number of ether oxygens (including phenoxy) is 1. The average Bonchev–Trinajstić information content (AvgIpc) is 2.98. The van der Waals surface area contributed by atoms with Crippen LogP contribution in [-0.4, -0.2) is 24.7 Å². The summed E-state index contributed by atoms with van der Waals surface area (Å²) in [4.78, 5) is 6.37. The second kappa shape index (κ2) is 6.48. The third kappa shape index (κ3) is 3.19.